The van der Waals surface area contributed by atoms with E-state index in [9.17, 15) is 34.9 Å². The summed E-state index contributed by atoms with van der Waals surface area (Å²) in [4.78, 5) is 50.7. The number of rotatable bonds is 8. The Bertz CT molecular complexity index is 1220. The van der Waals surface area contributed by atoms with Crippen molar-refractivity contribution in [2.45, 2.75) is 24.5 Å². The van der Waals surface area contributed by atoms with Crippen molar-refractivity contribution in [3.05, 3.63) is 63.4 Å². The van der Waals surface area contributed by atoms with Crippen LogP contribution in [0, 0.1) is 33.3 Å². The molecule has 34 heavy (non-hydrogen) atoms. The van der Waals surface area contributed by atoms with E-state index in [-0.39, 0.29) is 24.3 Å². The van der Waals surface area contributed by atoms with Gasteiger partial charge in [0.2, 0.25) is 11.8 Å². The molecule has 0 aliphatic carbocycles. The summed E-state index contributed by atoms with van der Waals surface area (Å²) in [5.41, 5.74) is -1.02. The number of fused-ring (bicyclic) bond motifs is 1. The summed E-state index contributed by atoms with van der Waals surface area (Å²) in [5.74, 6) is -4.94. The van der Waals surface area contributed by atoms with Crippen molar-refractivity contribution in [1.82, 2.24) is 10.2 Å². The SMILES string of the molecule is CSCCC1(C(=O)O)NC(c2ccccc2C#N)C2C(=O)N(Cc3ccc([N+](=O)[O-])o3)C(=O)C21. The molecule has 12 heteroatoms. The number of hydrogen-bond acceptors (Lipinski definition) is 9. The maximum atomic E-state index is 13.5. The number of likely N-dealkylation sites (tertiary alicyclic amines) is 1. The molecule has 2 N–H and O–H groups in total. The fourth-order valence-corrected chi connectivity index (χ4v) is 5.38. The third-order valence-electron chi connectivity index (χ3n) is 6.39. The van der Waals surface area contributed by atoms with Crippen LogP contribution in [0.2, 0.25) is 0 Å². The molecule has 2 aromatic rings. The predicted molar refractivity (Wildman–Crippen MR) is 118 cm³/mol. The van der Waals surface area contributed by atoms with Crippen molar-refractivity contribution >= 4 is 35.4 Å². The molecule has 4 rings (SSSR count). The highest BCUT2D eigenvalue weighted by Crippen LogP contribution is 2.51. The minimum absolute atomic E-state index is 0.0281. The largest absolute Gasteiger partial charge is 0.480 e. The van der Waals surface area contributed by atoms with Crippen LogP contribution in [0.1, 0.15) is 29.3 Å². The monoisotopic (exact) mass is 484 g/mol. The zero-order valence-corrected chi connectivity index (χ0v) is 18.8. The Morgan fingerprint density at radius 2 is 2.06 bits per heavy atom. The van der Waals surface area contributed by atoms with Gasteiger partial charge in [-0.25, -0.2) is 0 Å². The van der Waals surface area contributed by atoms with E-state index in [2.05, 4.69) is 11.4 Å². The Labute approximate surface area is 197 Å². The molecule has 0 bridgehead atoms. The van der Waals surface area contributed by atoms with Gasteiger partial charge in [0.05, 0.1) is 36.1 Å². The van der Waals surface area contributed by atoms with Crippen molar-refractivity contribution in [2.24, 2.45) is 11.8 Å². The number of benzene rings is 1. The van der Waals surface area contributed by atoms with E-state index in [1.54, 1.807) is 24.3 Å². The summed E-state index contributed by atoms with van der Waals surface area (Å²) in [6, 6.07) is 10.1. The van der Waals surface area contributed by atoms with E-state index < -0.39 is 52.0 Å². The summed E-state index contributed by atoms with van der Waals surface area (Å²) in [6.45, 7) is -0.358. The van der Waals surface area contributed by atoms with Gasteiger partial charge >= 0.3 is 11.9 Å². The van der Waals surface area contributed by atoms with Gasteiger partial charge in [-0.3, -0.25) is 34.7 Å². The average Bonchev–Trinajstić information content (AvgIpc) is 3.49. The minimum Gasteiger partial charge on any atom is -0.480 e. The highest BCUT2D eigenvalue weighted by molar-refractivity contribution is 7.98. The number of furan rings is 1. The maximum absolute atomic E-state index is 13.5. The number of aliphatic carboxylic acids is 1. The second kappa shape index (κ2) is 8.92. The Balaban J connectivity index is 1.79. The lowest BCUT2D eigenvalue weighted by Gasteiger charge is -2.31. The first-order valence-corrected chi connectivity index (χ1v) is 11.7. The molecule has 2 aliphatic heterocycles. The van der Waals surface area contributed by atoms with E-state index >= 15 is 0 Å². The third-order valence-corrected chi connectivity index (χ3v) is 7.00. The molecule has 11 nitrogen and oxygen atoms in total. The Morgan fingerprint density at radius 3 is 2.68 bits per heavy atom. The molecule has 0 spiro atoms. The topological polar surface area (TPSA) is 167 Å². The first kappa shape index (κ1) is 23.5. The molecule has 2 aliphatic rings. The number of nitro groups is 1. The number of thioether (sulfide) groups is 1. The Morgan fingerprint density at radius 1 is 1.32 bits per heavy atom. The standard InChI is InChI=1S/C22H20N4O7S/c1-34-9-8-22(21(29)30)17-16(18(24-22)14-5-3-2-4-12(14)10-23)19(27)25(20(17)28)11-13-6-7-15(33-13)26(31)32/h2-7,16-18,24H,8-9,11H2,1H3,(H,29,30). The summed E-state index contributed by atoms with van der Waals surface area (Å²) in [5, 5.41) is 33.8. The van der Waals surface area contributed by atoms with Gasteiger partial charge in [-0.1, -0.05) is 18.2 Å². The molecule has 0 saturated carbocycles. The van der Waals surface area contributed by atoms with Crippen LogP contribution in [0.25, 0.3) is 0 Å². The lowest BCUT2D eigenvalue weighted by molar-refractivity contribution is -0.402. The second-order valence-corrected chi connectivity index (χ2v) is 9.09. The van der Waals surface area contributed by atoms with Crippen molar-refractivity contribution in [3.63, 3.8) is 0 Å². The number of amides is 2. The van der Waals surface area contributed by atoms with Gasteiger partial charge in [0.1, 0.15) is 16.2 Å². The third kappa shape index (κ3) is 3.63. The van der Waals surface area contributed by atoms with Crippen molar-refractivity contribution in [1.29, 1.82) is 5.26 Å². The van der Waals surface area contributed by atoms with Crippen molar-refractivity contribution in [2.75, 3.05) is 12.0 Å². The molecular formula is C22H20N4O7S. The van der Waals surface area contributed by atoms with E-state index in [1.807, 2.05) is 6.26 Å². The first-order chi connectivity index (χ1) is 16.2. The van der Waals surface area contributed by atoms with Gasteiger partial charge < -0.3 is 9.52 Å². The highest BCUT2D eigenvalue weighted by atomic mass is 32.2. The van der Waals surface area contributed by atoms with Gasteiger partial charge in [0.25, 0.3) is 0 Å². The molecule has 1 aromatic carbocycles. The molecule has 0 radical (unpaired) electrons. The first-order valence-electron chi connectivity index (χ1n) is 10.3. The number of hydrogen-bond donors (Lipinski definition) is 2. The lowest BCUT2D eigenvalue weighted by atomic mass is 9.77. The maximum Gasteiger partial charge on any atom is 0.433 e. The predicted octanol–water partition coefficient (Wildman–Crippen LogP) is 2.08. The molecule has 2 saturated heterocycles. The van der Waals surface area contributed by atoms with Crippen molar-refractivity contribution in [3.8, 4) is 6.07 Å². The lowest BCUT2D eigenvalue weighted by Crippen LogP contribution is -2.56. The van der Waals surface area contributed by atoms with Gasteiger partial charge in [0.15, 0.2) is 0 Å². The van der Waals surface area contributed by atoms with Gasteiger partial charge in [-0.15, -0.1) is 0 Å². The van der Waals surface area contributed by atoms with Crippen LogP contribution in [0.15, 0.2) is 40.8 Å². The summed E-state index contributed by atoms with van der Waals surface area (Å²) >= 11 is 1.41. The molecule has 4 unspecified atom stereocenters. The fourth-order valence-electron chi connectivity index (χ4n) is 4.86. The highest BCUT2D eigenvalue weighted by Gasteiger charge is 2.68. The Hall–Kier alpha value is -3.69. The number of nitrogens with zero attached hydrogens (tertiary/aromatic N) is 3. The van der Waals surface area contributed by atoms with E-state index in [0.717, 1.165) is 11.0 Å². The Kier molecular flexibility index (Phi) is 6.16. The number of carbonyl (C=O) groups excluding carboxylic acids is 2. The second-order valence-electron chi connectivity index (χ2n) is 8.10. The molecule has 1 aromatic heterocycles. The van der Waals surface area contributed by atoms with Crippen LogP contribution < -0.4 is 5.32 Å². The number of carbonyl (C=O) groups is 3. The number of nitriles is 1. The summed E-state index contributed by atoms with van der Waals surface area (Å²) < 4.78 is 5.11. The average molecular weight is 484 g/mol. The fraction of sp³-hybridized carbons (Fsp3) is 0.364. The zero-order chi connectivity index (χ0) is 24.6. The van der Waals surface area contributed by atoms with E-state index in [1.165, 1.54) is 17.8 Å². The van der Waals surface area contributed by atoms with Crippen LogP contribution in [0.5, 0.6) is 0 Å². The van der Waals surface area contributed by atoms with E-state index in [4.69, 9.17) is 4.42 Å². The number of imide groups is 1. The van der Waals surface area contributed by atoms with Gasteiger partial charge in [0, 0.05) is 6.04 Å². The smallest absolute Gasteiger partial charge is 0.433 e. The number of nitrogens with one attached hydrogen (secondary N) is 1. The summed E-state index contributed by atoms with van der Waals surface area (Å²) in [6.07, 6.45) is 1.89. The van der Waals surface area contributed by atoms with Crippen LogP contribution in [-0.2, 0) is 20.9 Å². The quantitative estimate of drug-likeness (QED) is 0.322. The number of carboxylic acid groups (broad SMARTS) is 1. The normalized spacial score (nSPS) is 25.9. The minimum atomic E-state index is -1.72. The summed E-state index contributed by atoms with van der Waals surface area (Å²) in [7, 11) is 0. The van der Waals surface area contributed by atoms with Crippen LogP contribution in [0.3, 0.4) is 0 Å². The molecule has 3 heterocycles. The van der Waals surface area contributed by atoms with Gasteiger partial charge in [-0.2, -0.15) is 17.0 Å². The van der Waals surface area contributed by atoms with Crippen LogP contribution in [0.4, 0.5) is 5.88 Å². The number of carboxylic acids is 1. The molecule has 4 atom stereocenters. The van der Waals surface area contributed by atoms with Crippen LogP contribution >= 0.6 is 11.8 Å². The molecule has 2 fully saturated rings. The molecular weight excluding hydrogens is 464 g/mol. The molecule has 2 amide bonds. The van der Waals surface area contributed by atoms with Gasteiger partial charge in [-0.05, 0) is 36.1 Å². The van der Waals surface area contributed by atoms with Crippen molar-refractivity contribution < 1.29 is 28.8 Å². The zero-order valence-electron chi connectivity index (χ0n) is 18.0. The molecule has 176 valence electrons. The van der Waals surface area contributed by atoms with Crippen LogP contribution in [-0.4, -0.2) is 50.3 Å². The van der Waals surface area contributed by atoms with E-state index in [0.29, 0.717) is 11.3 Å².